The Bertz CT molecular complexity index is 1150. The van der Waals surface area contributed by atoms with Gasteiger partial charge < -0.3 is 14.4 Å². The predicted molar refractivity (Wildman–Crippen MR) is 101 cm³/mol. The molecule has 7 nitrogen and oxygen atoms in total. The second-order valence-electron chi connectivity index (χ2n) is 7.51. The summed E-state index contributed by atoms with van der Waals surface area (Å²) >= 11 is 0. The number of carbonyl (C=O) groups is 2. The van der Waals surface area contributed by atoms with Crippen LogP contribution in [0.3, 0.4) is 0 Å². The van der Waals surface area contributed by atoms with Crippen molar-refractivity contribution in [2.45, 2.75) is 12.1 Å². The van der Waals surface area contributed by atoms with Crippen molar-refractivity contribution in [3.8, 4) is 17.6 Å². The molecule has 0 spiro atoms. The van der Waals surface area contributed by atoms with E-state index in [1.807, 2.05) is 41.4 Å². The fourth-order valence-electron chi connectivity index (χ4n) is 4.98. The maximum atomic E-state index is 13.5. The van der Waals surface area contributed by atoms with E-state index in [1.54, 1.807) is 18.2 Å². The first-order valence-corrected chi connectivity index (χ1v) is 9.40. The van der Waals surface area contributed by atoms with E-state index in [2.05, 4.69) is 6.07 Å². The number of hydrogen-bond donors (Lipinski definition) is 0. The van der Waals surface area contributed by atoms with Gasteiger partial charge in [-0.05, 0) is 29.3 Å². The van der Waals surface area contributed by atoms with Crippen LogP contribution in [0.5, 0.6) is 11.5 Å². The number of nitriles is 1. The first-order valence-electron chi connectivity index (χ1n) is 9.40. The molecule has 4 aliphatic heterocycles. The summed E-state index contributed by atoms with van der Waals surface area (Å²) in [7, 11) is 0. The topological polar surface area (TPSA) is 82.9 Å². The number of anilines is 1. The summed E-state index contributed by atoms with van der Waals surface area (Å²) in [6.45, 7) is 0.114. The molecular formula is C22H15N3O4. The lowest BCUT2D eigenvalue weighted by Crippen LogP contribution is -2.40. The smallest absolute Gasteiger partial charge is 0.240 e. The molecule has 0 N–H and O–H groups in total. The van der Waals surface area contributed by atoms with Gasteiger partial charge in [0.1, 0.15) is 6.04 Å². The van der Waals surface area contributed by atoms with Gasteiger partial charge in [0.05, 0.1) is 29.6 Å². The van der Waals surface area contributed by atoms with Gasteiger partial charge in [-0.15, -0.1) is 0 Å². The molecule has 4 heterocycles. The minimum Gasteiger partial charge on any atom is -0.454 e. The van der Waals surface area contributed by atoms with Crippen LogP contribution in [0.4, 0.5) is 5.69 Å². The standard InChI is InChI=1S/C22H15N3O4/c23-10-15-18-19(20-14-4-2-1-3-12(14)7-8-24(15)20)22(27)25(21(18)26)13-5-6-16-17(9-13)29-11-28-16/h1-9,15,18-20H,11H2/t15-,18+,19-,20-/m1/s1. The molecule has 0 aromatic heterocycles. The van der Waals surface area contributed by atoms with Crippen LogP contribution in [0.15, 0.2) is 48.7 Å². The van der Waals surface area contributed by atoms with Gasteiger partial charge >= 0.3 is 0 Å². The lowest BCUT2D eigenvalue weighted by Gasteiger charge is -2.33. The van der Waals surface area contributed by atoms with Crippen molar-refractivity contribution in [2.75, 3.05) is 11.7 Å². The van der Waals surface area contributed by atoms with E-state index in [0.717, 1.165) is 11.1 Å². The number of imide groups is 1. The fraction of sp³-hybridized carbons (Fsp3) is 0.227. The molecule has 4 aliphatic rings. The number of nitrogens with zero attached hydrogens (tertiary/aromatic N) is 3. The van der Waals surface area contributed by atoms with Crippen molar-refractivity contribution in [1.29, 1.82) is 5.26 Å². The molecule has 2 amide bonds. The van der Waals surface area contributed by atoms with Gasteiger partial charge in [-0.1, -0.05) is 24.3 Å². The number of amides is 2. The van der Waals surface area contributed by atoms with Gasteiger partial charge in [-0.2, -0.15) is 5.26 Å². The molecule has 29 heavy (non-hydrogen) atoms. The zero-order valence-electron chi connectivity index (χ0n) is 15.2. The van der Waals surface area contributed by atoms with Gasteiger partial charge in [0.25, 0.3) is 0 Å². The average Bonchev–Trinajstić information content (AvgIpc) is 3.41. The lowest BCUT2D eigenvalue weighted by molar-refractivity contribution is -0.123. The van der Waals surface area contributed by atoms with E-state index in [0.29, 0.717) is 17.2 Å². The molecule has 0 aliphatic carbocycles. The van der Waals surface area contributed by atoms with Crippen molar-refractivity contribution in [3.63, 3.8) is 0 Å². The third-order valence-electron chi connectivity index (χ3n) is 6.21. The first kappa shape index (κ1) is 16.2. The summed E-state index contributed by atoms with van der Waals surface area (Å²) in [5, 5.41) is 9.84. The van der Waals surface area contributed by atoms with Crippen LogP contribution in [0, 0.1) is 23.2 Å². The van der Waals surface area contributed by atoms with Gasteiger partial charge in [-0.3, -0.25) is 9.59 Å². The normalized spacial score (nSPS) is 28.2. The van der Waals surface area contributed by atoms with E-state index in [-0.39, 0.29) is 24.6 Å². The minimum atomic E-state index is -0.710. The zero-order chi connectivity index (χ0) is 19.7. The number of benzene rings is 2. The van der Waals surface area contributed by atoms with Crippen molar-refractivity contribution in [1.82, 2.24) is 4.90 Å². The molecule has 2 saturated heterocycles. The van der Waals surface area contributed by atoms with Crippen molar-refractivity contribution < 1.29 is 19.1 Å². The van der Waals surface area contributed by atoms with E-state index >= 15 is 0 Å². The third-order valence-corrected chi connectivity index (χ3v) is 6.21. The Morgan fingerprint density at radius 2 is 1.79 bits per heavy atom. The largest absolute Gasteiger partial charge is 0.454 e. The molecule has 4 atom stereocenters. The number of rotatable bonds is 1. The molecule has 2 fully saturated rings. The second kappa shape index (κ2) is 5.61. The summed E-state index contributed by atoms with van der Waals surface area (Å²) in [5.74, 6) is -0.852. The van der Waals surface area contributed by atoms with Crippen molar-refractivity contribution in [3.05, 3.63) is 59.8 Å². The Labute approximate surface area is 166 Å². The Morgan fingerprint density at radius 3 is 2.66 bits per heavy atom. The maximum Gasteiger partial charge on any atom is 0.240 e. The third kappa shape index (κ3) is 2.00. The SMILES string of the molecule is N#C[C@@H]1[C@@H]2C(=O)N(c3ccc4c(c3)OCO4)C(=O)[C@H]2[C@H]2c3ccccc3C=CN12. The molecule has 2 aromatic carbocycles. The van der Waals surface area contributed by atoms with E-state index in [1.165, 1.54) is 4.90 Å². The highest BCUT2D eigenvalue weighted by Gasteiger charge is 2.63. The molecule has 142 valence electrons. The summed E-state index contributed by atoms with van der Waals surface area (Å²) < 4.78 is 10.7. The van der Waals surface area contributed by atoms with E-state index in [4.69, 9.17) is 9.47 Å². The van der Waals surface area contributed by atoms with Gasteiger partial charge in [0.15, 0.2) is 11.5 Å². The Balaban J connectivity index is 1.46. The number of carbonyl (C=O) groups excluding carboxylic acids is 2. The van der Waals surface area contributed by atoms with E-state index < -0.39 is 17.9 Å². The van der Waals surface area contributed by atoms with Crippen LogP contribution >= 0.6 is 0 Å². The summed E-state index contributed by atoms with van der Waals surface area (Å²) in [4.78, 5) is 29.9. The van der Waals surface area contributed by atoms with Crippen LogP contribution in [-0.2, 0) is 9.59 Å². The first-order chi connectivity index (χ1) is 14.2. The van der Waals surface area contributed by atoms with Gasteiger partial charge in [0.2, 0.25) is 18.6 Å². The van der Waals surface area contributed by atoms with Crippen LogP contribution in [-0.4, -0.2) is 29.5 Å². The second-order valence-corrected chi connectivity index (χ2v) is 7.51. The summed E-state index contributed by atoms with van der Waals surface area (Å²) in [5.41, 5.74) is 2.42. The maximum absolute atomic E-state index is 13.5. The highest BCUT2D eigenvalue weighted by molar-refractivity contribution is 6.23. The Hall–Kier alpha value is -3.79. The highest BCUT2D eigenvalue weighted by atomic mass is 16.7. The molecule has 0 unspecified atom stereocenters. The van der Waals surface area contributed by atoms with Gasteiger partial charge in [0, 0.05) is 12.3 Å². The molecule has 0 bridgehead atoms. The monoisotopic (exact) mass is 385 g/mol. The summed E-state index contributed by atoms with van der Waals surface area (Å²) in [6.07, 6.45) is 3.77. The molecular weight excluding hydrogens is 370 g/mol. The minimum absolute atomic E-state index is 0.114. The van der Waals surface area contributed by atoms with Crippen LogP contribution in [0.25, 0.3) is 6.08 Å². The Kier molecular flexibility index (Phi) is 3.13. The van der Waals surface area contributed by atoms with Crippen molar-refractivity contribution in [2.24, 2.45) is 11.8 Å². The van der Waals surface area contributed by atoms with Gasteiger partial charge in [-0.25, -0.2) is 4.90 Å². The lowest BCUT2D eigenvalue weighted by atomic mass is 9.85. The quantitative estimate of drug-likeness (QED) is 0.702. The average molecular weight is 385 g/mol. The van der Waals surface area contributed by atoms with Crippen LogP contribution in [0.1, 0.15) is 17.2 Å². The van der Waals surface area contributed by atoms with Crippen LogP contribution in [0.2, 0.25) is 0 Å². The van der Waals surface area contributed by atoms with E-state index in [9.17, 15) is 14.9 Å². The molecule has 7 heteroatoms. The number of hydrogen-bond acceptors (Lipinski definition) is 6. The predicted octanol–water partition coefficient (Wildman–Crippen LogP) is 2.45. The molecule has 6 rings (SSSR count). The molecule has 0 saturated carbocycles. The summed E-state index contributed by atoms with van der Waals surface area (Å²) in [6, 6.07) is 14.1. The van der Waals surface area contributed by atoms with Crippen molar-refractivity contribution >= 4 is 23.6 Å². The Morgan fingerprint density at radius 1 is 1.00 bits per heavy atom. The molecule has 0 radical (unpaired) electrons. The zero-order valence-corrected chi connectivity index (χ0v) is 15.2. The number of fused-ring (bicyclic) bond motifs is 6. The molecule has 2 aromatic rings. The fourth-order valence-corrected chi connectivity index (χ4v) is 4.98. The number of ether oxygens (including phenoxy) is 2. The highest BCUT2D eigenvalue weighted by Crippen LogP contribution is 2.53. The van der Waals surface area contributed by atoms with Crippen LogP contribution < -0.4 is 14.4 Å².